The van der Waals surface area contributed by atoms with E-state index in [1.165, 1.54) is 120 Å². The molecule has 0 radical (unpaired) electrons. The lowest BCUT2D eigenvalue weighted by atomic mass is 9.69. The summed E-state index contributed by atoms with van der Waals surface area (Å²) in [5.74, 6) is 0. The maximum absolute atomic E-state index is 2.55. The van der Waals surface area contributed by atoms with E-state index in [0.717, 1.165) is 45.5 Å². The van der Waals surface area contributed by atoms with Gasteiger partial charge in [0.15, 0.2) is 0 Å². The lowest BCUT2D eigenvalue weighted by molar-refractivity contribution is 0.803. The molecule has 2 aliphatic carbocycles. The highest BCUT2D eigenvalue weighted by atomic mass is 15.1. The summed E-state index contributed by atoms with van der Waals surface area (Å²) >= 11 is 0. The number of hydrogen-bond donors (Lipinski definition) is 0. The smallest absolute Gasteiger partial charge is 0.0731 e. The molecule has 2 aromatic heterocycles. The fourth-order valence-corrected chi connectivity index (χ4v) is 15.7. The number of anilines is 6. The highest BCUT2D eigenvalue weighted by molar-refractivity contribution is 6.14. The lowest BCUT2D eigenvalue weighted by Gasteiger charge is -2.32. The maximum atomic E-state index is 2.55. The van der Waals surface area contributed by atoms with E-state index in [-0.39, 0.29) is 0 Å². The standard InChI is InChI=1S/C85H54N4/c1-5-22-59(23-6-1)86(65-42-47-81-74(53-65)69-31-16-19-35-79(69)88(81)61-26-9-3-10-27-61)63-40-37-56-51-73-71-44-38-57-49-64(87(60-24-7-2-8-25-60)66-43-48-82-75(54-66)70-32-17-20-36-80(70)89(82)62-28-11-4-12-29-62)41-45-68(57)84(71)85(78(73)52-58(56)50-63)76-34-18-15-33-72(76)83-67-30-14-13-21-55(67)39-46-77(83)85/h1-54H. The van der Waals surface area contributed by atoms with E-state index < -0.39 is 5.41 Å². The van der Waals surface area contributed by atoms with E-state index in [2.05, 4.69) is 347 Å². The third kappa shape index (κ3) is 7.17. The topological polar surface area (TPSA) is 16.3 Å². The first-order chi connectivity index (χ1) is 44.2. The normalized spacial score (nSPS) is 13.9. The van der Waals surface area contributed by atoms with E-state index in [0.29, 0.717) is 0 Å². The van der Waals surface area contributed by atoms with E-state index >= 15 is 0 Å². The van der Waals surface area contributed by atoms with Gasteiger partial charge in [-0.25, -0.2) is 0 Å². The number of fused-ring (bicyclic) bond motifs is 21. The second kappa shape index (κ2) is 19.1. The van der Waals surface area contributed by atoms with Gasteiger partial charge in [0.2, 0.25) is 0 Å². The molecule has 89 heavy (non-hydrogen) atoms. The van der Waals surface area contributed by atoms with E-state index in [1.807, 2.05) is 0 Å². The Labute approximate surface area is 514 Å². The van der Waals surface area contributed by atoms with Crippen LogP contribution >= 0.6 is 0 Å². The average Bonchev–Trinajstić information content (AvgIpc) is 1.52. The Morgan fingerprint density at radius 2 is 0.697 bits per heavy atom. The van der Waals surface area contributed by atoms with Crippen molar-refractivity contribution in [3.63, 3.8) is 0 Å². The van der Waals surface area contributed by atoms with Crippen molar-refractivity contribution in [2.45, 2.75) is 5.41 Å². The molecule has 1 unspecified atom stereocenters. The van der Waals surface area contributed by atoms with Gasteiger partial charge in [-0.05, 0) is 210 Å². The average molecular weight is 1130 g/mol. The lowest BCUT2D eigenvalue weighted by Crippen LogP contribution is -2.26. The zero-order chi connectivity index (χ0) is 58.3. The van der Waals surface area contributed by atoms with Crippen molar-refractivity contribution in [2.24, 2.45) is 0 Å². The molecular weight excluding hydrogens is 1080 g/mol. The molecule has 414 valence electrons. The summed E-state index contributed by atoms with van der Waals surface area (Å²) < 4.78 is 4.78. The van der Waals surface area contributed by atoms with E-state index in [1.54, 1.807) is 0 Å². The van der Waals surface area contributed by atoms with Gasteiger partial charge in [-0.2, -0.15) is 0 Å². The van der Waals surface area contributed by atoms with Crippen LogP contribution in [0.1, 0.15) is 22.3 Å². The van der Waals surface area contributed by atoms with Crippen molar-refractivity contribution in [1.82, 2.24) is 9.13 Å². The number of nitrogens with zero attached hydrogens (tertiary/aromatic N) is 4. The zero-order valence-corrected chi connectivity index (χ0v) is 48.5. The summed E-state index contributed by atoms with van der Waals surface area (Å²) in [6.07, 6.45) is 0. The molecule has 2 aliphatic rings. The van der Waals surface area contributed by atoms with Crippen LogP contribution in [0.3, 0.4) is 0 Å². The van der Waals surface area contributed by atoms with Crippen molar-refractivity contribution < 1.29 is 0 Å². The Hall–Kier alpha value is -11.7. The van der Waals surface area contributed by atoms with Crippen LogP contribution in [0.25, 0.3) is 110 Å². The van der Waals surface area contributed by atoms with E-state index in [4.69, 9.17) is 0 Å². The van der Waals surface area contributed by atoms with Crippen LogP contribution in [0, 0.1) is 0 Å². The fraction of sp³-hybridized carbons (Fsp3) is 0.0118. The molecule has 19 rings (SSSR count). The molecule has 2 heterocycles. The molecule has 0 amide bonds. The minimum Gasteiger partial charge on any atom is -0.310 e. The molecule has 1 spiro atoms. The summed E-state index contributed by atoms with van der Waals surface area (Å²) in [5.41, 5.74) is 23.4. The third-order valence-corrected chi connectivity index (χ3v) is 19.4. The molecule has 0 aliphatic heterocycles. The molecule has 0 saturated heterocycles. The Balaban J connectivity index is 0.816. The molecule has 17 aromatic rings. The molecule has 0 N–H and O–H groups in total. The Bertz CT molecular complexity index is 5750. The van der Waals surface area contributed by atoms with Gasteiger partial charge in [-0.15, -0.1) is 0 Å². The quantitative estimate of drug-likeness (QED) is 0.151. The highest BCUT2D eigenvalue weighted by Crippen LogP contribution is 2.66. The summed E-state index contributed by atoms with van der Waals surface area (Å²) in [7, 11) is 0. The Morgan fingerprint density at radius 3 is 1.33 bits per heavy atom. The highest BCUT2D eigenvalue weighted by Gasteiger charge is 2.53. The van der Waals surface area contributed by atoms with Gasteiger partial charge in [-0.1, -0.05) is 194 Å². The SMILES string of the molecule is c1ccc(N(c2ccc3cc4c(cc3c2)C2(c3ccccc3-c3c2ccc2ccccc32)c2c-4ccc3cc(N(c4ccccc4)c4ccc5c(c4)c4ccccc4n5-c4ccccc4)ccc23)c2ccc3c(c2)c2ccccc2n3-c2ccccc2)cc1. The van der Waals surface area contributed by atoms with Crippen molar-refractivity contribution in [3.8, 4) is 33.6 Å². The number of rotatable bonds is 8. The summed E-state index contributed by atoms with van der Waals surface area (Å²) in [6, 6.07) is 122. The van der Waals surface area contributed by atoms with Crippen LogP contribution in [0.15, 0.2) is 328 Å². The van der Waals surface area contributed by atoms with Crippen LogP contribution in [0.2, 0.25) is 0 Å². The molecule has 4 heteroatoms. The van der Waals surface area contributed by atoms with Gasteiger partial charge in [-0.3, -0.25) is 0 Å². The zero-order valence-electron chi connectivity index (χ0n) is 48.5. The van der Waals surface area contributed by atoms with Crippen molar-refractivity contribution in [3.05, 3.63) is 350 Å². The van der Waals surface area contributed by atoms with Gasteiger partial charge >= 0.3 is 0 Å². The second-order valence-corrected chi connectivity index (χ2v) is 23.9. The predicted octanol–water partition coefficient (Wildman–Crippen LogP) is 22.6. The molecule has 0 bridgehead atoms. The molecule has 0 saturated carbocycles. The van der Waals surface area contributed by atoms with Crippen LogP contribution in [-0.4, -0.2) is 9.13 Å². The van der Waals surface area contributed by atoms with Gasteiger partial charge < -0.3 is 18.9 Å². The van der Waals surface area contributed by atoms with Crippen molar-refractivity contribution >= 4 is 110 Å². The monoisotopic (exact) mass is 1130 g/mol. The predicted molar refractivity (Wildman–Crippen MR) is 373 cm³/mol. The maximum Gasteiger partial charge on any atom is 0.0731 e. The number of aromatic nitrogens is 2. The summed E-state index contributed by atoms with van der Waals surface area (Å²) in [6.45, 7) is 0. The third-order valence-electron chi connectivity index (χ3n) is 19.4. The van der Waals surface area contributed by atoms with Crippen molar-refractivity contribution in [1.29, 1.82) is 0 Å². The van der Waals surface area contributed by atoms with Gasteiger partial charge in [0, 0.05) is 67.0 Å². The Morgan fingerprint density at radius 1 is 0.225 bits per heavy atom. The Kier molecular flexibility index (Phi) is 10.7. The molecule has 15 aromatic carbocycles. The summed E-state index contributed by atoms with van der Waals surface area (Å²) in [5, 5.41) is 12.2. The first-order valence-corrected chi connectivity index (χ1v) is 30.8. The second-order valence-electron chi connectivity index (χ2n) is 23.9. The van der Waals surface area contributed by atoms with Gasteiger partial charge in [0.1, 0.15) is 0 Å². The minimum absolute atomic E-state index is 0.639. The van der Waals surface area contributed by atoms with Gasteiger partial charge in [0.05, 0.1) is 27.5 Å². The number of hydrogen-bond acceptors (Lipinski definition) is 2. The first kappa shape index (κ1) is 49.5. The van der Waals surface area contributed by atoms with E-state index in [9.17, 15) is 0 Å². The minimum atomic E-state index is -0.639. The van der Waals surface area contributed by atoms with Crippen LogP contribution in [0.4, 0.5) is 34.1 Å². The van der Waals surface area contributed by atoms with Crippen molar-refractivity contribution in [2.75, 3.05) is 9.80 Å². The largest absolute Gasteiger partial charge is 0.310 e. The van der Waals surface area contributed by atoms with Crippen LogP contribution in [0.5, 0.6) is 0 Å². The number of para-hydroxylation sites is 6. The molecule has 0 fully saturated rings. The molecular formula is C85H54N4. The molecule has 1 atom stereocenters. The summed E-state index contributed by atoms with van der Waals surface area (Å²) in [4.78, 5) is 4.87. The number of benzene rings is 15. The first-order valence-electron chi connectivity index (χ1n) is 30.8. The van der Waals surface area contributed by atoms with Gasteiger partial charge in [0.25, 0.3) is 0 Å². The fourth-order valence-electron chi connectivity index (χ4n) is 15.7. The van der Waals surface area contributed by atoms with Crippen LogP contribution in [-0.2, 0) is 5.41 Å². The van der Waals surface area contributed by atoms with Crippen LogP contribution < -0.4 is 9.80 Å². The molecule has 4 nitrogen and oxygen atoms in total.